The average molecular weight is 326 g/mol. The van der Waals surface area contributed by atoms with Crippen molar-refractivity contribution in [1.29, 1.82) is 0 Å². The number of hydrogen-bond acceptors (Lipinski definition) is 1. The van der Waals surface area contributed by atoms with Crippen LogP contribution in [0.15, 0.2) is 48.5 Å². The number of fused-ring (bicyclic) bond motifs is 1. The molecule has 2 bridgehead atoms. The molecular weight excluding hydrogens is 302 g/mol. The van der Waals surface area contributed by atoms with E-state index in [1.165, 1.54) is 22.3 Å². The van der Waals surface area contributed by atoms with Crippen molar-refractivity contribution in [2.24, 2.45) is 0 Å². The molecule has 0 fully saturated rings. The number of rotatable bonds is 4. The minimum absolute atomic E-state index is 0.0931. The molecule has 0 heterocycles. The molecule has 5 rings (SSSR count). The van der Waals surface area contributed by atoms with Crippen LogP contribution in [0.1, 0.15) is 48.9 Å². The zero-order valence-corrected chi connectivity index (χ0v) is 14.7. The van der Waals surface area contributed by atoms with E-state index in [1.54, 1.807) is 0 Å². The van der Waals surface area contributed by atoms with E-state index in [2.05, 4.69) is 67.3 Å². The highest BCUT2D eigenvalue weighted by Gasteiger charge is 2.54. The molecule has 3 aliphatic rings. The van der Waals surface area contributed by atoms with Gasteiger partial charge in [-0.2, -0.15) is 0 Å². The molecule has 0 saturated heterocycles. The lowest BCUT2D eigenvalue weighted by molar-refractivity contribution is 0.212. The second-order valence-electron chi connectivity index (χ2n) is 6.94. The third-order valence-corrected chi connectivity index (χ3v) is 6.62. The number of halogens is 1. The Labute approximate surface area is 144 Å². The summed E-state index contributed by atoms with van der Waals surface area (Å²) in [5.74, 6) is 0. The van der Waals surface area contributed by atoms with Gasteiger partial charge in [0.25, 0.3) is 0 Å². The van der Waals surface area contributed by atoms with Gasteiger partial charge in [-0.25, -0.2) is 0 Å². The smallest absolute Gasteiger partial charge is 0.0950 e. The minimum Gasteiger partial charge on any atom is -0.303 e. The van der Waals surface area contributed by atoms with Gasteiger partial charge in [-0.05, 0) is 48.2 Å². The maximum absolute atomic E-state index is 7.21. The van der Waals surface area contributed by atoms with Crippen molar-refractivity contribution in [3.63, 3.8) is 0 Å². The molecular formula is C21H24ClN. The lowest BCUT2D eigenvalue weighted by Gasteiger charge is -2.54. The Morgan fingerprint density at radius 3 is 1.78 bits per heavy atom. The number of hydrogen-bond donors (Lipinski definition) is 0. The van der Waals surface area contributed by atoms with Gasteiger partial charge >= 0.3 is 0 Å². The van der Waals surface area contributed by atoms with Crippen LogP contribution >= 0.6 is 11.6 Å². The predicted octanol–water partition coefficient (Wildman–Crippen LogP) is 4.90. The van der Waals surface area contributed by atoms with Gasteiger partial charge in [0.15, 0.2) is 0 Å². The highest BCUT2D eigenvalue weighted by atomic mass is 35.5. The molecule has 0 radical (unpaired) electrons. The fourth-order valence-corrected chi connectivity index (χ4v) is 5.21. The molecule has 0 unspecified atom stereocenters. The first-order valence-electron chi connectivity index (χ1n) is 8.77. The van der Waals surface area contributed by atoms with Crippen molar-refractivity contribution < 1.29 is 0 Å². The van der Waals surface area contributed by atoms with Crippen molar-refractivity contribution in [2.45, 2.75) is 37.0 Å². The molecule has 0 amide bonds. The molecule has 2 aromatic rings. The van der Waals surface area contributed by atoms with Crippen molar-refractivity contribution in [3.05, 3.63) is 70.8 Å². The second-order valence-corrected chi connectivity index (χ2v) is 7.58. The SMILES string of the molecule is CCN(CC)CC12CCC(Cl)(c3ccccc31)c1ccccc12. The van der Waals surface area contributed by atoms with Gasteiger partial charge in [0.1, 0.15) is 0 Å². The van der Waals surface area contributed by atoms with E-state index in [1.807, 2.05) is 0 Å². The maximum Gasteiger partial charge on any atom is 0.0950 e. The van der Waals surface area contributed by atoms with Crippen LogP contribution in [-0.4, -0.2) is 24.5 Å². The Hall–Kier alpha value is -1.31. The Morgan fingerprint density at radius 2 is 1.30 bits per heavy atom. The fourth-order valence-electron chi connectivity index (χ4n) is 4.78. The van der Waals surface area contributed by atoms with Crippen LogP contribution in [0.2, 0.25) is 0 Å². The summed E-state index contributed by atoms with van der Waals surface area (Å²) in [6, 6.07) is 17.7. The quantitative estimate of drug-likeness (QED) is 0.722. The summed E-state index contributed by atoms with van der Waals surface area (Å²) in [5, 5.41) is 0. The summed E-state index contributed by atoms with van der Waals surface area (Å²) in [7, 11) is 0. The van der Waals surface area contributed by atoms with Gasteiger partial charge in [-0.3, -0.25) is 0 Å². The zero-order valence-electron chi connectivity index (χ0n) is 14.0. The molecule has 0 atom stereocenters. The average Bonchev–Trinajstić information content (AvgIpc) is 2.62. The van der Waals surface area contributed by atoms with Crippen molar-refractivity contribution in [3.8, 4) is 0 Å². The van der Waals surface area contributed by atoms with Crippen molar-refractivity contribution >= 4 is 11.6 Å². The van der Waals surface area contributed by atoms with E-state index in [0.29, 0.717) is 0 Å². The topological polar surface area (TPSA) is 3.24 Å². The molecule has 0 spiro atoms. The van der Waals surface area contributed by atoms with Gasteiger partial charge in [0.2, 0.25) is 0 Å². The summed E-state index contributed by atoms with van der Waals surface area (Å²) in [6.07, 6.45) is 2.17. The Balaban J connectivity index is 1.98. The van der Waals surface area contributed by atoms with Crippen LogP contribution in [0.25, 0.3) is 0 Å². The molecule has 3 aliphatic carbocycles. The molecule has 120 valence electrons. The number of alkyl halides is 1. The molecule has 0 saturated carbocycles. The number of likely N-dealkylation sites (N-methyl/N-ethyl adjacent to an activating group) is 1. The molecule has 1 nitrogen and oxygen atoms in total. The van der Waals surface area contributed by atoms with Crippen molar-refractivity contribution in [1.82, 2.24) is 4.90 Å². The van der Waals surface area contributed by atoms with E-state index in [-0.39, 0.29) is 10.3 Å². The van der Waals surface area contributed by atoms with Gasteiger partial charge in [0.05, 0.1) is 4.87 Å². The summed E-state index contributed by atoms with van der Waals surface area (Å²) >= 11 is 7.21. The molecule has 2 aromatic carbocycles. The van der Waals surface area contributed by atoms with E-state index < -0.39 is 0 Å². The lowest BCUT2D eigenvalue weighted by Crippen LogP contribution is -2.52. The summed E-state index contributed by atoms with van der Waals surface area (Å²) in [4.78, 5) is 2.22. The number of nitrogens with zero attached hydrogens (tertiary/aromatic N) is 1. The molecule has 23 heavy (non-hydrogen) atoms. The first kappa shape index (κ1) is 15.2. The Kier molecular flexibility index (Phi) is 3.55. The van der Waals surface area contributed by atoms with Gasteiger partial charge < -0.3 is 4.90 Å². The summed E-state index contributed by atoms with van der Waals surface area (Å²) in [6.45, 7) is 7.79. The van der Waals surface area contributed by atoms with Gasteiger partial charge in [-0.15, -0.1) is 11.6 Å². The van der Waals surface area contributed by atoms with Crippen molar-refractivity contribution in [2.75, 3.05) is 19.6 Å². The minimum atomic E-state index is -0.335. The predicted molar refractivity (Wildman–Crippen MR) is 97.3 cm³/mol. The summed E-state index contributed by atoms with van der Waals surface area (Å²) in [5.41, 5.74) is 5.66. The fraction of sp³-hybridized carbons (Fsp3) is 0.429. The molecule has 0 aromatic heterocycles. The zero-order chi connectivity index (χ0) is 16.1. The monoisotopic (exact) mass is 325 g/mol. The van der Waals surface area contributed by atoms with Crippen LogP contribution in [-0.2, 0) is 10.3 Å². The summed E-state index contributed by atoms with van der Waals surface area (Å²) < 4.78 is 0. The third kappa shape index (κ3) is 1.96. The van der Waals surface area contributed by atoms with E-state index in [4.69, 9.17) is 11.6 Å². The lowest BCUT2D eigenvalue weighted by atomic mass is 9.54. The molecule has 2 heteroatoms. The normalized spacial score (nSPS) is 27.8. The van der Waals surface area contributed by atoms with Crippen LogP contribution in [0.3, 0.4) is 0 Å². The highest BCUT2D eigenvalue weighted by Crippen LogP contribution is 2.61. The van der Waals surface area contributed by atoms with Crippen LogP contribution in [0.5, 0.6) is 0 Å². The first-order valence-corrected chi connectivity index (χ1v) is 9.15. The van der Waals surface area contributed by atoms with Gasteiger partial charge in [-0.1, -0.05) is 62.4 Å². The first-order chi connectivity index (χ1) is 11.2. The number of benzene rings is 2. The third-order valence-electron chi connectivity index (χ3n) is 6.02. The molecule has 0 aliphatic heterocycles. The maximum atomic E-state index is 7.21. The Bertz CT molecular complexity index is 685. The molecule has 0 N–H and O–H groups in total. The van der Waals surface area contributed by atoms with Crippen LogP contribution < -0.4 is 0 Å². The highest BCUT2D eigenvalue weighted by molar-refractivity contribution is 6.27. The van der Waals surface area contributed by atoms with E-state index in [9.17, 15) is 0 Å². The Morgan fingerprint density at radius 1 is 0.826 bits per heavy atom. The van der Waals surface area contributed by atoms with Gasteiger partial charge in [0, 0.05) is 12.0 Å². The van der Waals surface area contributed by atoms with Crippen LogP contribution in [0.4, 0.5) is 0 Å². The second kappa shape index (κ2) is 5.36. The largest absolute Gasteiger partial charge is 0.303 e. The van der Waals surface area contributed by atoms with E-state index in [0.717, 1.165) is 32.5 Å². The van der Waals surface area contributed by atoms with E-state index >= 15 is 0 Å². The standard InChI is InChI=1S/C21H24ClN/c1-3-23(4-2)15-20-13-14-21(22,18-11-7-5-9-16(18)20)19-12-8-6-10-17(19)20/h5-12H,3-4,13-15H2,1-2H3. The van der Waals surface area contributed by atoms with Crippen LogP contribution in [0, 0.1) is 0 Å².